The molecule has 0 bridgehead atoms. The van der Waals surface area contributed by atoms with Crippen molar-refractivity contribution in [1.29, 1.82) is 0 Å². The number of hydrogen-bond acceptors (Lipinski definition) is 3. The Balaban J connectivity index is 2.61. The van der Waals surface area contributed by atoms with Crippen LogP contribution in [-0.2, 0) is 0 Å². The molecule has 0 aliphatic heterocycles. The summed E-state index contributed by atoms with van der Waals surface area (Å²) in [7, 11) is 2.02. The average Bonchev–Trinajstić information content (AvgIpc) is 2.73. The molecule has 1 aromatic heterocycles. The van der Waals surface area contributed by atoms with Crippen LogP contribution in [0, 0.1) is 5.92 Å². The maximum Gasteiger partial charge on any atom is 0.371 e. The van der Waals surface area contributed by atoms with Gasteiger partial charge >= 0.3 is 5.97 Å². The van der Waals surface area contributed by atoms with E-state index in [-0.39, 0.29) is 11.8 Å². The van der Waals surface area contributed by atoms with Crippen molar-refractivity contribution in [2.24, 2.45) is 5.92 Å². The van der Waals surface area contributed by atoms with E-state index in [4.69, 9.17) is 9.52 Å². The summed E-state index contributed by atoms with van der Waals surface area (Å²) in [6.07, 6.45) is 1.12. The predicted molar refractivity (Wildman–Crippen MR) is 66.2 cm³/mol. The van der Waals surface area contributed by atoms with Gasteiger partial charge in [-0.05, 0) is 45.0 Å². The molecule has 1 unspecified atom stereocenters. The van der Waals surface area contributed by atoms with Crippen LogP contribution in [0.5, 0.6) is 0 Å². The molecular formula is C13H21NO3. The Labute approximate surface area is 102 Å². The maximum absolute atomic E-state index is 10.7. The Hall–Kier alpha value is -1.29. The zero-order chi connectivity index (χ0) is 13.0. The number of nitrogens with zero attached hydrogens (tertiary/aromatic N) is 1. The highest BCUT2D eigenvalue weighted by atomic mass is 16.4. The number of carboxylic acid groups (broad SMARTS) is 1. The van der Waals surface area contributed by atoms with Crippen LogP contribution in [-0.4, -0.2) is 29.6 Å². The number of rotatable bonds is 6. The third-order valence-electron chi connectivity index (χ3n) is 2.97. The first-order valence-electron chi connectivity index (χ1n) is 5.95. The van der Waals surface area contributed by atoms with E-state index in [0.717, 1.165) is 13.0 Å². The summed E-state index contributed by atoms with van der Waals surface area (Å²) >= 11 is 0. The Morgan fingerprint density at radius 3 is 2.53 bits per heavy atom. The summed E-state index contributed by atoms with van der Waals surface area (Å²) < 4.78 is 5.29. The van der Waals surface area contributed by atoms with E-state index in [1.54, 1.807) is 6.07 Å². The van der Waals surface area contributed by atoms with Gasteiger partial charge in [-0.1, -0.05) is 13.8 Å². The first-order valence-corrected chi connectivity index (χ1v) is 5.95. The van der Waals surface area contributed by atoms with Crippen LogP contribution in [0.3, 0.4) is 0 Å². The van der Waals surface area contributed by atoms with Gasteiger partial charge < -0.3 is 9.52 Å². The fourth-order valence-electron chi connectivity index (χ4n) is 1.57. The molecule has 0 amide bonds. The van der Waals surface area contributed by atoms with Crippen molar-refractivity contribution >= 4 is 5.97 Å². The minimum Gasteiger partial charge on any atom is -0.475 e. The molecule has 0 aliphatic carbocycles. The topological polar surface area (TPSA) is 53.7 Å². The summed E-state index contributed by atoms with van der Waals surface area (Å²) in [4.78, 5) is 12.9. The second-order valence-corrected chi connectivity index (χ2v) is 4.85. The molecule has 0 spiro atoms. The van der Waals surface area contributed by atoms with Crippen molar-refractivity contribution in [3.63, 3.8) is 0 Å². The van der Waals surface area contributed by atoms with Crippen molar-refractivity contribution in [1.82, 2.24) is 4.90 Å². The summed E-state index contributed by atoms with van der Waals surface area (Å²) in [5.41, 5.74) is 0. The van der Waals surface area contributed by atoms with E-state index in [2.05, 4.69) is 18.7 Å². The molecule has 1 atom stereocenters. The molecule has 0 aromatic carbocycles. The number of aromatic carboxylic acids is 1. The van der Waals surface area contributed by atoms with Gasteiger partial charge in [-0.3, -0.25) is 4.90 Å². The van der Waals surface area contributed by atoms with E-state index >= 15 is 0 Å². The van der Waals surface area contributed by atoms with Crippen LogP contribution in [0.15, 0.2) is 16.5 Å². The highest BCUT2D eigenvalue weighted by Crippen LogP contribution is 2.21. The summed E-state index contributed by atoms with van der Waals surface area (Å²) in [6, 6.07) is 3.34. The normalized spacial score (nSPS) is 13.3. The van der Waals surface area contributed by atoms with E-state index in [1.807, 2.05) is 14.0 Å². The Bertz CT molecular complexity index is 370. The van der Waals surface area contributed by atoms with Gasteiger partial charge in [0.25, 0.3) is 0 Å². The first-order chi connectivity index (χ1) is 7.91. The highest BCUT2D eigenvalue weighted by Gasteiger charge is 2.17. The molecule has 0 saturated carbocycles. The van der Waals surface area contributed by atoms with Crippen LogP contribution in [0.25, 0.3) is 0 Å². The Morgan fingerprint density at radius 1 is 1.41 bits per heavy atom. The minimum absolute atomic E-state index is 0.00381. The summed E-state index contributed by atoms with van der Waals surface area (Å²) in [5, 5.41) is 8.79. The molecule has 1 heterocycles. The van der Waals surface area contributed by atoms with Gasteiger partial charge in [0.05, 0.1) is 6.04 Å². The van der Waals surface area contributed by atoms with Gasteiger partial charge in [0, 0.05) is 0 Å². The third-order valence-corrected chi connectivity index (χ3v) is 2.97. The van der Waals surface area contributed by atoms with Gasteiger partial charge in [-0.2, -0.15) is 0 Å². The van der Waals surface area contributed by atoms with Crippen LogP contribution >= 0.6 is 0 Å². The molecule has 96 valence electrons. The average molecular weight is 239 g/mol. The quantitative estimate of drug-likeness (QED) is 0.829. The Kier molecular flexibility index (Phi) is 4.75. The largest absolute Gasteiger partial charge is 0.475 e. The van der Waals surface area contributed by atoms with Gasteiger partial charge in [-0.25, -0.2) is 4.79 Å². The second kappa shape index (κ2) is 5.87. The number of hydrogen-bond donors (Lipinski definition) is 1. The lowest BCUT2D eigenvalue weighted by Crippen LogP contribution is -2.24. The molecule has 4 nitrogen and oxygen atoms in total. The number of carbonyl (C=O) groups is 1. The van der Waals surface area contributed by atoms with E-state index in [9.17, 15) is 4.79 Å². The fraction of sp³-hybridized carbons (Fsp3) is 0.615. The van der Waals surface area contributed by atoms with Gasteiger partial charge in [-0.15, -0.1) is 0 Å². The number of carboxylic acids is 1. The molecule has 0 radical (unpaired) electrons. The lowest BCUT2D eigenvalue weighted by atomic mass is 10.1. The number of furan rings is 1. The predicted octanol–water partition coefficient (Wildman–Crippen LogP) is 3.02. The van der Waals surface area contributed by atoms with Crippen molar-refractivity contribution in [2.75, 3.05) is 13.6 Å². The van der Waals surface area contributed by atoms with Crippen LogP contribution in [0.4, 0.5) is 0 Å². The van der Waals surface area contributed by atoms with Crippen molar-refractivity contribution in [2.45, 2.75) is 33.2 Å². The SMILES string of the molecule is CC(C)CCN(C)C(C)c1ccc(C(=O)O)o1. The van der Waals surface area contributed by atoms with Crippen molar-refractivity contribution in [3.8, 4) is 0 Å². The standard InChI is InChI=1S/C13H21NO3/c1-9(2)7-8-14(4)10(3)11-5-6-12(17-11)13(15)16/h5-6,9-10H,7-8H2,1-4H3,(H,15,16). The molecule has 0 saturated heterocycles. The highest BCUT2D eigenvalue weighted by molar-refractivity contribution is 5.84. The van der Waals surface area contributed by atoms with Gasteiger partial charge in [0.1, 0.15) is 5.76 Å². The van der Waals surface area contributed by atoms with Crippen LogP contribution in [0.2, 0.25) is 0 Å². The van der Waals surface area contributed by atoms with E-state index < -0.39 is 5.97 Å². The maximum atomic E-state index is 10.7. The van der Waals surface area contributed by atoms with E-state index in [0.29, 0.717) is 11.7 Å². The zero-order valence-electron chi connectivity index (χ0n) is 10.9. The molecule has 1 rings (SSSR count). The molecular weight excluding hydrogens is 218 g/mol. The third kappa shape index (κ3) is 3.89. The van der Waals surface area contributed by atoms with Crippen molar-refractivity contribution in [3.05, 3.63) is 23.7 Å². The first kappa shape index (κ1) is 13.8. The molecule has 1 aromatic rings. The van der Waals surface area contributed by atoms with Crippen molar-refractivity contribution < 1.29 is 14.3 Å². The second-order valence-electron chi connectivity index (χ2n) is 4.85. The van der Waals surface area contributed by atoms with Gasteiger partial charge in [0.15, 0.2) is 0 Å². The zero-order valence-corrected chi connectivity index (χ0v) is 10.9. The summed E-state index contributed by atoms with van der Waals surface area (Å²) in [5.74, 6) is 0.349. The van der Waals surface area contributed by atoms with Crippen LogP contribution in [0.1, 0.15) is 49.5 Å². The minimum atomic E-state index is -1.02. The van der Waals surface area contributed by atoms with Gasteiger partial charge in [0.2, 0.25) is 5.76 Å². The molecule has 0 fully saturated rings. The fourth-order valence-corrected chi connectivity index (χ4v) is 1.57. The molecule has 0 aliphatic rings. The van der Waals surface area contributed by atoms with Crippen LogP contribution < -0.4 is 0 Å². The smallest absolute Gasteiger partial charge is 0.371 e. The van der Waals surface area contributed by atoms with E-state index in [1.165, 1.54) is 6.07 Å². The molecule has 4 heteroatoms. The lowest BCUT2D eigenvalue weighted by molar-refractivity contribution is 0.0656. The monoisotopic (exact) mass is 239 g/mol. The molecule has 17 heavy (non-hydrogen) atoms. The Morgan fingerprint density at radius 2 is 2.06 bits per heavy atom. The summed E-state index contributed by atoms with van der Waals surface area (Å²) in [6.45, 7) is 7.37. The lowest BCUT2D eigenvalue weighted by Gasteiger charge is -2.23. The molecule has 1 N–H and O–H groups in total.